The van der Waals surface area contributed by atoms with Crippen molar-refractivity contribution in [3.63, 3.8) is 0 Å². The molecule has 1 saturated carbocycles. The number of rotatable bonds is 7. The number of anilines is 2. The molecule has 24 heavy (non-hydrogen) atoms. The van der Waals surface area contributed by atoms with E-state index in [9.17, 15) is 9.59 Å². The maximum absolute atomic E-state index is 12.1. The summed E-state index contributed by atoms with van der Waals surface area (Å²) in [4.78, 5) is 23.6. The van der Waals surface area contributed by atoms with Crippen molar-refractivity contribution < 1.29 is 14.3 Å². The van der Waals surface area contributed by atoms with Gasteiger partial charge in [0.2, 0.25) is 11.8 Å². The Morgan fingerprint density at radius 2 is 1.92 bits per heavy atom. The zero-order valence-corrected chi connectivity index (χ0v) is 14.4. The van der Waals surface area contributed by atoms with Gasteiger partial charge in [-0.25, -0.2) is 0 Å². The van der Waals surface area contributed by atoms with Crippen molar-refractivity contribution >= 4 is 23.2 Å². The van der Waals surface area contributed by atoms with Crippen molar-refractivity contribution in [2.24, 2.45) is 5.92 Å². The SMILES string of the molecule is COCC(=O)Nc1cccc(NCC(=O)N[C@H]2CCCC[C@H]2C)c1. The molecule has 1 aliphatic carbocycles. The number of carbonyl (C=O) groups is 2. The van der Waals surface area contributed by atoms with Gasteiger partial charge in [-0.2, -0.15) is 0 Å². The molecular weight excluding hydrogens is 306 g/mol. The van der Waals surface area contributed by atoms with Crippen LogP contribution in [0.25, 0.3) is 0 Å². The highest BCUT2D eigenvalue weighted by molar-refractivity contribution is 5.92. The van der Waals surface area contributed by atoms with Crippen molar-refractivity contribution in [1.29, 1.82) is 0 Å². The zero-order chi connectivity index (χ0) is 17.4. The van der Waals surface area contributed by atoms with Crippen LogP contribution in [0.1, 0.15) is 32.6 Å². The third kappa shape index (κ3) is 5.85. The summed E-state index contributed by atoms with van der Waals surface area (Å²) in [5.41, 5.74) is 1.46. The second-order valence-corrected chi connectivity index (χ2v) is 6.35. The molecule has 0 aromatic heterocycles. The van der Waals surface area contributed by atoms with Gasteiger partial charge in [-0.15, -0.1) is 0 Å². The molecule has 1 aromatic carbocycles. The molecule has 6 heteroatoms. The summed E-state index contributed by atoms with van der Waals surface area (Å²) in [6.45, 7) is 2.43. The molecule has 132 valence electrons. The summed E-state index contributed by atoms with van der Waals surface area (Å²) in [6, 6.07) is 7.56. The van der Waals surface area contributed by atoms with Crippen LogP contribution in [0.15, 0.2) is 24.3 Å². The molecule has 0 saturated heterocycles. The van der Waals surface area contributed by atoms with E-state index in [0.717, 1.165) is 12.1 Å². The predicted octanol–water partition coefficient (Wildman–Crippen LogP) is 2.38. The molecule has 6 nitrogen and oxygen atoms in total. The van der Waals surface area contributed by atoms with Crippen molar-refractivity contribution in [2.75, 3.05) is 30.9 Å². The monoisotopic (exact) mass is 333 g/mol. The van der Waals surface area contributed by atoms with E-state index in [1.54, 1.807) is 12.1 Å². The van der Waals surface area contributed by atoms with E-state index in [1.165, 1.54) is 26.4 Å². The quantitative estimate of drug-likeness (QED) is 0.716. The Hall–Kier alpha value is -2.08. The van der Waals surface area contributed by atoms with Crippen LogP contribution in [0.4, 0.5) is 11.4 Å². The lowest BCUT2D eigenvalue weighted by Gasteiger charge is -2.29. The molecule has 2 amide bonds. The summed E-state index contributed by atoms with van der Waals surface area (Å²) < 4.78 is 4.79. The molecule has 1 aliphatic rings. The van der Waals surface area contributed by atoms with Gasteiger partial charge in [0.1, 0.15) is 6.61 Å². The summed E-state index contributed by atoms with van der Waals surface area (Å²) in [7, 11) is 1.48. The van der Waals surface area contributed by atoms with E-state index < -0.39 is 0 Å². The van der Waals surface area contributed by atoms with Crippen LogP contribution in [0, 0.1) is 5.92 Å². The minimum atomic E-state index is -0.210. The largest absolute Gasteiger partial charge is 0.376 e. The lowest BCUT2D eigenvalue weighted by molar-refractivity contribution is -0.121. The molecule has 2 atom stereocenters. The van der Waals surface area contributed by atoms with E-state index in [2.05, 4.69) is 22.9 Å². The number of carbonyl (C=O) groups excluding carboxylic acids is 2. The highest BCUT2D eigenvalue weighted by atomic mass is 16.5. The first-order valence-corrected chi connectivity index (χ1v) is 8.50. The molecule has 0 spiro atoms. The molecule has 0 heterocycles. The van der Waals surface area contributed by atoms with E-state index in [1.807, 2.05) is 12.1 Å². The Morgan fingerprint density at radius 1 is 1.17 bits per heavy atom. The summed E-state index contributed by atoms with van der Waals surface area (Å²) >= 11 is 0. The van der Waals surface area contributed by atoms with Gasteiger partial charge in [0.05, 0.1) is 6.54 Å². The maximum Gasteiger partial charge on any atom is 0.250 e. The van der Waals surface area contributed by atoms with Gasteiger partial charge < -0.3 is 20.7 Å². The number of benzene rings is 1. The van der Waals surface area contributed by atoms with Crippen LogP contribution in [-0.2, 0) is 14.3 Å². The van der Waals surface area contributed by atoms with E-state index in [4.69, 9.17) is 4.74 Å². The normalized spacial score (nSPS) is 20.2. The van der Waals surface area contributed by atoms with Crippen molar-refractivity contribution in [3.05, 3.63) is 24.3 Å². The average molecular weight is 333 g/mol. The first-order valence-electron chi connectivity index (χ1n) is 8.50. The first-order chi connectivity index (χ1) is 11.6. The van der Waals surface area contributed by atoms with Crippen molar-refractivity contribution in [2.45, 2.75) is 38.6 Å². The fourth-order valence-electron chi connectivity index (χ4n) is 3.01. The zero-order valence-electron chi connectivity index (χ0n) is 14.4. The van der Waals surface area contributed by atoms with E-state index >= 15 is 0 Å². The van der Waals surface area contributed by atoms with Gasteiger partial charge >= 0.3 is 0 Å². The highest BCUT2D eigenvalue weighted by Gasteiger charge is 2.22. The number of hydrogen-bond donors (Lipinski definition) is 3. The average Bonchev–Trinajstić information content (AvgIpc) is 2.56. The molecule has 3 N–H and O–H groups in total. The predicted molar refractivity (Wildman–Crippen MR) is 95.0 cm³/mol. The smallest absolute Gasteiger partial charge is 0.250 e. The van der Waals surface area contributed by atoms with Gasteiger partial charge in [0.15, 0.2) is 0 Å². The summed E-state index contributed by atoms with van der Waals surface area (Å²) in [5.74, 6) is 0.336. The van der Waals surface area contributed by atoms with Crippen LogP contribution in [-0.4, -0.2) is 38.1 Å². The molecule has 1 fully saturated rings. The number of hydrogen-bond acceptors (Lipinski definition) is 4. The lowest BCUT2D eigenvalue weighted by atomic mass is 9.86. The molecule has 0 aliphatic heterocycles. The molecule has 0 unspecified atom stereocenters. The fourth-order valence-corrected chi connectivity index (χ4v) is 3.01. The molecule has 1 aromatic rings. The topological polar surface area (TPSA) is 79.5 Å². The standard InChI is InChI=1S/C18H27N3O3/c1-13-6-3-4-9-16(13)21-17(22)11-19-14-7-5-8-15(10-14)20-18(23)12-24-2/h5,7-8,10,13,16,19H,3-4,6,9,11-12H2,1-2H3,(H,20,23)(H,21,22)/t13-,16+/m1/s1. The van der Waals surface area contributed by atoms with Gasteiger partial charge in [0.25, 0.3) is 0 Å². The third-order valence-corrected chi connectivity index (χ3v) is 4.33. The Kier molecular flexibility index (Phi) is 7.06. The maximum atomic E-state index is 12.1. The van der Waals surface area contributed by atoms with Crippen molar-refractivity contribution in [1.82, 2.24) is 5.32 Å². The second-order valence-electron chi connectivity index (χ2n) is 6.35. The van der Waals surface area contributed by atoms with Crippen LogP contribution in [0.3, 0.4) is 0 Å². The summed E-state index contributed by atoms with van der Waals surface area (Å²) in [5, 5.41) is 8.95. The fraction of sp³-hybridized carbons (Fsp3) is 0.556. The van der Waals surface area contributed by atoms with Gasteiger partial charge in [-0.05, 0) is 37.0 Å². The number of amides is 2. The van der Waals surface area contributed by atoms with Crippen LogP contribution < -0.4 is 16.0 Å². The molecular formula is C18H27N3O3. The minimum Gasteiger partial charge on any atom is -0.376 e. The minimum absolute atomic E-state index is 0.00238. The van der Waals surface area contributed by atoms with E-state index in [-0.39, 0.29) is 31.0 Å². The number of nitrogens with one attached hydrogen (secondary N) is 3. The van der Waals surface area contributed by atoms with Crippen molar-refractivity contribution in [3.8, 4) is 0 Å². The number of methoxy groups -OCH3 is 1. The molecule has 0 bridgehead atoms. The van der Waals surface area contributed by atoms with Crippen LogP contribution in [0.2, 0.25) is 0 Å². The summed E-state index contributed by atoms with van der Waals surface area (Å²) in [6.07, 6.45) is 4.69. The Bertz CT molecular complexity index is 562. The Labute approximate surface area is 143 Å². The van der Waals surface area contributed by atoms with Gasteiger partial charge in [0, 0.05) is 24.5 Å². The Morgan fingerprint density at radius 3 is 2.67 bits per heavy atom. The van der Waals surface area contributed by atoms with Gasteiger partial charge in [-0.3, -0.25) is 9.59 Å². The van der Waals surface area contributed by atoms with E-state index in [0.29, 0.717) is 11.6 Å². The highest BCUT2D eigenvalue weighted by Crippen LogP contribution is 2.23. The van der Waals surface area contributed by atoms with Crippen LogP contribution in [0.5, 0.6) is 0 Å². The second kappa shape index (κ2) is 9.27. The first kappa shape index (κ1) is 18.3. The molecule has 2 rings (SSSR count). The third-order valence-electron chi connectivity index (χ3n) is 4.33. The van der Waals surface area contributed by atoms with Crippen LogP contribution >= 0.6 is 0 Å². The van der Waals surface area contributed by atoms with Gasteiger partial charge in [-0.1, -0.05) is 25.8 Å². The Balaban J connectivity index is 1.80. The molecule has 0 radical (unpaired) electrons. The number of ether oxygens (including phenoxy) is 1. The lowest BCUT2D eigenvalue weighted by Crippen LogP contribution is -2.43.